The number of aliphatic imine (C=N–C) groups is 1. The van der Waals surface area contributed by atoms with E-state index in [1.807, 2.05) is 38.3 Å². The van der Waals surface area contributed by atoms with Crippen molar-refractivity contribution in [2.45, 2.75) is 25.8 Å². The van der Waals surface area contributed by atoms with Crippen LogP contribution in [0.2, 0.25) is 0 Å². The van der Waals surface area contributed by atoms with Gasteiger partial charge in [-0.25, -0.2) is 4.98 Å². The summed E-state index contributed by atoms with van der Waals surface area (Å²) in [5, 5.41) is 6.47. The number of carbonyl (C=O) groups excluding carboxylic acids is 1. The Morgan fingerprint density at radius 3 is 2.96 bits per heavy atom. The second-order valence-corrected chi connectivity index (χ2v) is 7.26. The van der Waals surface area contributed by atoms with Crippen molar-refractivity contribution < 1.29 is 4.79 Å². The SMILES string of the molecule is CN=C(NCc1cccnc1N(C)C)N1CCCC2(CNC(=O)C2)C1.I. The van der Waals surface area contributed by atoms with E-state index >= 15 is 0 Å². The number of halogens is 1. The predicted octanol–water partition coefficient (Wildman–Crippen LogP) is 1.44. The smallest absolute Gasteiger partial charge is 0.220 e. The first-order chi connectivity index (χ1) is 12.0. The Labute approximate surface area is 172 Å². The molecule has 0 aromatic carbocycles. The van der Waals surface area contributed by atoms with E-state index in [0.717, 1.165) is 49.8 Å². The maximum atomic E-state index is 11.7. The maximum absolute atomic E-state index is 11.7. The molecule has 1 aromatic heterocycles. The normalized spacial score (nSPS) is 22.8. The zero-order valence-corrected chi connectivity index (χ0v) is 18.1. The molecule has 8 heteroatoms. The molecule has 7 nitrogen and oxygen atoms in total. The highest BCUT2D eigenvalue weighted by molar-refractivity contribution is 14.0. The van der Waals surface area contributed by atoms with Crippen LogP contribution in [0.3, 0.4) is 0 Å². The van der Waals surface area contributed by atoms with E-state index in [1.165, 1.54) is 0 Å². The third-order valence-electron chi connectivity index (χ3n) is 5.10. The van der Waals surface area contributed by atoms with E-state index in [2.05, 4.69) is 31.6 Å². The highest BCUT2D eigenvalue weighted by Gasteiger charge is 2.42. The van der Waals surface area contributed by atoms with Gasteiger partial charge in [0.25, 0.3) is 0 Å². The molecule has 2 aliphatic heterocycles. The van der Waals surface area contributed by atoms with Gasteiger partial charge in [-0.05, 0) is 18.9 Å². The van der Waals surface area contributed by atoms with Crippen molar-refractivity contribution >= 4 is 41.7 Å². The number of hydrogen-bond donors (Lipinski definition) is 2. The lowest BCUT2D eigenvalue weighted by Gasteiger charge is -2.40. The van der Waals surface area contributed by atoms with Gasteiger partial charge in [-0.15, -0.1) is 24.0 Å². The molecular formula is C18H29IN6O. The van der Waals surface area contributed by atoms with Crippen molar-refractivity contribution in [3.8, 4) is 0 Å². The number of nitrogens with one attached hydrogen (secondary N) is 2. The number of rotatable bonds is 3. The topological polar surface area (TPSA) is 72.9 Å². The van der Waals surface area contributed by atoms with Crippen LogP contribution in [0.5, 0.6) is 0 Å². The van der Waals surface area contributed by atoms with E-state index < -0.39 is 0 Å². The molecule has 2 saturated heterocycles. The minimum atomic E-state index is 0. The summed E-state index contributed by atoms with van der Waals surface area (Å²) in [6, 6.07) is 4.04. The van der Waals surface area contributed by atoms with Crippen LogP contribution in [0.15, 0.2) is 23.3 Å². The van der Waals surface area contributed by atoms with E-state index in [9.17, 15) is 4.79 Å². The largest absolute Gasteiger partial charge is 0.362 e. The fourth-order valence-electron chi connectivity index (χ4n) is 3.91. The number of piperidine rings is 1. The average Bonchev–Trinajstić information content (AvgIpc) is 2.95. The first-order valence-corrected chi connectivity index (χ1v) is 8.86. The molecule has 1 unspecified atom stereocenters. The van der Waals surface area contributed by atoms with Gasteiger partial charge in [0.2, 0.25) is 5.91 Å². The van der Waals surface area contributed by atoms with E-state index in [4.69, 9.17) is 0 Å². The van der Waals surface area contributed by atoms with Crippen LogP contribution in [-0.4, -0.2) is 62.5 Å². The number of amides is 1. The molecule has 2 fully saturated rings. The highest BCUT2D eigenvalue weighted by atomic mass is 127. The number of aromatic nitrogens is 1. The van der Waals surface area contributed by atoms with Gasteiger partial charge in [0, 0.05) is 70.9 Å². The van der Waals surface area contributed by atoms with Crippen LogP contribution in [0.25, 0.3) is 0 Å². The molecule has 2 N–H and O–H groups in total. The van der Waals surface area contributed by atoms with Crippen LogP contribution < -0.4 is 15.5 Å². The number of carbonyl (C=O) groups is 1. The molecule has 1 amide bonds. The van der Waals surface area contributed by atoms with Crippen LogP contribution in [0.4, 0.5) is 5.82 Å². The molecule has 3 rings (SSSR count). The lowest BCUT2D eigenvalue weighted by molar-refractivity contribution is -0.119. The molecule has 0 saturated carbocycles. The van der Waals surface area contributed by atoms with Crippen molar-refractivity contribution in [3.63, 3.8) is 0 Å². The van der Waals surface area contributed by atoms with E-state index in [1.54, 1.807) is 0 Å². The number of anilines is 1. The zero-order valence-electron chi connectivity index (χ0n) is 15.8. The monoisotopic (exact) mass is 472 g/mol. The number of likely N-dealkylation sites (tertiary alicyclic amines) is 1. The number of nitrogens with zero attached hydrogens (tertiary/aromatic N) is 4. The molecule has 3 heterocycles. The maximum Gasteiger partial charge on any atom is 0.220 e. The third kappa shape index (κ3) is 4.57. The molecule has 2 aliphatic rings. The van der Waals surface area contributed by atoms with Gasteiger partial charge in [0.1, 0.15) is 5.82 Å². The number of guanidine groups is 1. The minimum absolute atomic E-state index is 0. The van der Waals surface area contributed by atoms with Crippen molar-refractivity contribution in [3.05, 3.63) is 23.9 Å². The number of hydrogen-bond acceptors (Lipinski definition) is 4. The Hall–Kier alpha value is -1.58. The number of pyridine rings is 1. The van der Waals surface area contributed by atoms with Crippen molar-refractivity contribution in [2.24, 2.45) is 10.4 Å². The summed E-state index contributed by atoms with van der Waals surface area (Å²) < 4.78 is 0. The molecule has 1 spiro atoms. The van der Waals surface area contributed by atoms with Crippen molar-refractivity contribution in [2.75, 3.05) is 45.7 Å². The third-order valence-corrected chi connectivity index (χ3v) is 5.10. The minimum Gasteiger partial charge on any atom is -0.362 e. The van der Waals surface area contributed by atoms with Gasteiger partial charge in [-0.2, -0.15) is 0 Å². The zero-order chi connectivity index (χ0) is 17.9. The first-order valence-electron chi connectivity index (χ1n) is 8.86. The van der Waals surface area contributed by atoms with Gasteiger partial charge in [0.05, 0.1) is 0 Å². The molecule has 0 radical (unpaired) electrons. The summed E-state index contributed by atoms with van der Waals surface area (Å²) >= 11 is 0. The summed E-state index contributed by atoms with van der Waals surface area (Å²) in [4.78, 5) is 24.9. The first kappa shape index (κ1) is 20.7. The summed E-state index contributed by atoms with van der Waals surface area (Å²) in [6.07, 6.45) is 4.64. The van der Waals surface area contributed by atoms with Gasteiger partial charge >= 0.3 is 0 Å². The second kappa shape index (κ2) is 8.88. The van der Waals surface area contributed by atoms with Gasteiger partial charge in [-0.1, -0.05) is 6.07 Å². The summed E-state index contributed by atoms with van der Waals surface area (Å²) in [5.41, 5.74) is 1.20. The summed E-state index contributed by atoms with van der Waals surface area (Å²) in [7, 11) is 5.82. The van der Waals surface area contributed by atoms with E-state index in [0.29, 0.717) is 13.0 Å². The predicted molar refractivity (Wildman–Crippen MR) is 115 cm³/mol. The highest BCUT2D eigenvalue weighted by Crippen LogP contribution is 2.36. The molecule has 26 heavy (non-hydrogen) atoms. The molecule has 1 atom stereocenters. The Morgan fingerprint density at radius 2 is 2.31 bits per heavy atom. The van der Waals surface area contributed by atoms with Crippen LogP contribution >= 0.6 is 24.0 Å². The van der Waals surface area contributed by atoms with Gasteiger partial charge in [-0.3, -0.25) is 9.79 Å². The van der Waals surface area contributed by atoms with Gasteiger partial charge < -0.3 is 20.4 Å². The Bertz CT molecular complexity index is 665. The molecule has 0 aliphatic carbocycles. The Morgan fingerprint density at radius 1 is 1.50 bits per heavy atom. The fraction of sp³-hybridized carbons (Fsp3) is 0.611. The summed E-state index contributed by atoms with van der Waals surface area (Å²) in [5.74, 6) is 2.04. The van der Waals surface area contributed by atoms with Crippen LogP contribution in [-0.2, 0) is 11.3 Å². The lowest BCUT2D eigenvalue weighted by atomic mass is 9.79. The molecular weight excluding hydrogens is 443 g/mol. The van der Waals surface area contributed by atoms with Crippen LogP contribution in [0, 0.1) is 5.41 Å². The standard InChI is InChI=1S/C18H28N6O.HI/c1-19-17(21-11-14-6-4-8-20-16(14)23(2)3)24-9-5-7-18(13-24)10-15(25)22-12-18;/h4,6,8H,5,7,9-13H2,1-3H3,(H,19,21)(H,22,25);1H. The fourth-order valence-corrected chi connectivity index (χ4v) is 3.91. The van der Waals surface area contributed by atoms with Gasteiger partial charge in [0.15, 0.2) is 5.96 Å². The lowest BCUT2D eigenvalue weighted by Crippen LogP contribution is -2.51. The molecule has 0 bridgehead atoms. The Balaban J connectivity index is 0.00000243. The Kier molecular flexibility index (Phi) is 7.08. The van der Waals surface area contributed by atoms with Crippen molar-refractivity contribution in [1.82, 2.24) is 20.5 Å². The quantitative estimate of drug-likeness (QED) is 0.396. The van der Waals surface area contributed by atoms with Crippen LogP contribution in [0.1, 0.15) is 24.8 Å². The van der Waals surface area contributed by atoms with Crippen molar-refractivity contribution in [1.29, 1.82) is 0 Å². The average molecular weight is 472 g/mol. The molecule has 144 valence electrons. The van der Waals surface area contributed by atoms with E-state index in [-0.39, 0.29) is 35.3 Å². The second-order valence-electron chi connectivity index (χ2n) is 7.26. The summed E-state index contributed by atoms with van der Waals surface area (Å²) in [6.45, 7) is 3.31. The molecule has 1 aromatic rings.